The molecular weight excluding hydrogens is 605 g/mol. The van der Waals surface area contributed by atoms with E-state index < -0.39 is 44.5 Å². The first-order chi connectivity index (χ1) is 21.6. The van der Waals surface area contributed by atoms with Gasteiger partial charge in [0.1, 0.15) is 25.1 Å². The van der Waals surface area contributed by atoms with E-state index in [2.05, 4.69) is 21.4 Å². The molecule has 1 aromatic carbocycles. The molecule has 1 aliphatic heterocycles. The number of rotatable bonds is 19. The fraction of sp³-hybridized carbons (Fsp3) is 0.633. The van der Waals surface area contributed by atoms with Crippen molar-refractivity contribution in [2.45, 2.75) is 102 Å². The predicted molar refractivity (Wildman–Crippen MR) is 166 cm³/mol. The summed E-state index contributed by atoms with van der Waals surface area (Å²) >= 11 is 0. The molecule has 1 aliphatic rings. The van der Waals surface area contributed by atoms with E-state index in [1.54, 1.807) is 13.4 Å². The quantitative estimate of drug-likeness (QED) is 0.0550. The molecular formula is C30H47N5O9P+. The van der Waals surface area contributed by atoms with Crippen molar-refractivity contribution in [1.82, 2.24) is 14.5 Å². The summed E-state index contributed by atoms with van der Waals surface area (Å²) in [4.78, 5) is 37.7. The van der Waals surface area contributed by atoms with Gasteiger partial charge in [-0.2, -0.15) is 0 Å². The lowest BCUT2D eigenvalue weighted by Gasteiger charge is -2.23. The number of aromatic nitrogens is 4. The topological polar surface area (TPSA) is 195 Å². The fourth-order valence-electron chi connectivity index (χ4n) is 5.74. The number of hydrogen-bond donors (Lipinski definition) is 5. The summed E-state index contributed by atoms with van der Waals surface area (Å²) in [6, 6.07) is 9.86. The zero-order valence-corrected chi connectivity index (χ0v) is 26.9. The molecule has 3 heterocycles. The van der Waals surface area contributed by atoms with Crippen molar-refractivity contribution >= 4 is 24.9 Å². The molecule has 15 heteroatoms. The third-order valence-electron chi connectivity index (χ3n) is 8.05. The Morgan fingerprint density at radius 3 is 2.44 bits per heavy atom. The number of H-pyrrole nitrogens is 1. The maximum atomic E-state index is 12.6. The second-order valence-electron chi connectivity index (χ2n) is 11.5. The van der Waals surface area contributed by atoms with Crippen LogP contribution in [0.2, 0.25) is 0 Å². The van der Waals surface area contributed by atoms with Crippen LogP contribution < -0.4 is 15.9 Å². The Bertz CT molecular complexity index is 1450. The molecule has 45 heavy (non-hydrogen) atoms. The van der Waals surface area contributed by atoms with Gasteiger partial charge in [-0.25, -0.2) is 9.13 Å². The highest BCUT2D eigenvalue weighted by Crippen LogP contribution is 2.38. The van der Waals surface area contributed by atoms with Crippen molar-refractivity contribution in [3.8, 4) is 0 Å². The molecule has 5 atom stereocenters. The maximum Gasteiger partial charge on any atom is 0.469 e. The number of phosphoric ester groups is 1. The van der Waals surface area contributed by atoms with Gasteiger partial charge in [-0.05, 0) is 12.0 Å². The maximum absolute atomic E-state index is 12.6. The summed E-state index contributed by atoms with van der Waals surface area (Å²) in [6.07, 6.45) is 8.36. The van der Waals surface area contributed by atoms with Crippen LogP contribution in [0.25, 0.3) is 11.2 Å². The fourth-order valence-corrected chi connectivity index (χ4v) is 6.08. The van der Waals surface area contributed by atoms with Crippen LogP contribution in [0.3, 0.4) is 0 Å². The van der Waals surface area contributed by atoms with Gasteiger partial charge >= 0.3 is 13.5 Å². The SMILES string of the molecule is CCCCCCCCCCCC(OCOC1[C@@H](O)[C@@H](COP(=O)(O)O)O[C@H]1[n+]1cn(C)c2c(=O)[nH]c(N)nc21)c1ccccc1. The highest BCUT2D eigenvalue weighted by molar-refractivity contribution is 7.46. The molecule has 0 spiro atoms. The van der Waals surface area contributed by atoms with Gasteiger partial charge in [0.2, 0.25) is 11.7 Å². The van der Waals surface area contributed by atoms with Crippen LogP contribution in [0.15, 0.2) is 41.5 Å². The molecule has 0 bridgehead atoms. The second kappa shape index (κ2) is 16.8. The molecule has 0 amide bonds. The number of nitrogens with two attached hydrogens (primary N) is 1. The van der Waals surface area contributed by atoms with Gasteiger partial charge in [-0.3, -0.25) is 18.9 Å². The Hall–Kier alpha value is -2.68. The Morgan fingerprint density at radius 2 is 1.78 bits per heavy atom. The first-order valence-electron chi connectivity index (χ1n) is 15.7. The average Bonchev–Trinajstić information content (AvgIpc) is 3.49. The average molecular weight is 653 g/mol. The van der Waals surface area contributed by atoms with Crippen molar-refractivity contribution in [3.05, 3.63) is 52.6 Å². The van der Waals surface area contributed by atoms with Gasteiger partial charge in [0, 0.05) is 0 Å². The predicted octanol–water partition coefficient (Wildman–Crippen LogP) is 3.52. The highest BCUT2D eigenvalue weighted by atomic mass is 31.2. The zero-order chi connectivity index (χ0) is 32.4. The van der Waals surface area contributed by atoms with E-state index in [0.29, 0.717) is 0 Å². The van der Waals surface area contributed by atoms with Crippen LogP contribution in [0.5, 0.6) is 0 Å². The largest absolute Gasteiger partial charge is 0.469 e. The summed E-state index contributed by atoms with van der Waals surface area (Å²) in [7, 11) is -3.20. The first kappa shape index (κ1) is 35.2. The van der Waals surface area contributed by atoms with E-state index in [1.807, 2.05) is 30.3 Å². The monoisotopic (exact) mass is 652 g/mol. The summed E-state index contributed by atoms with van der Waals surface area (Å²) in [6.45, 7) is 1.42. The van der Waals surface area contributed by atoms with Crippen LogP contribution in [0.4, 0.5) is 5.95 Å². The van der Waals surface area contributed by atoms with Crippen LogP contribution in [0, 0.1) is 0 Å². The van der Waals surface area contributed by atoms with Gasteiger partial charge in [0.15, 0.2) is 6.33 Å². The van der Waals surface area contributed by atoms with Crippen LogP contribution in [0.1, 0.15) is 89.0 Å². The molecule has 2 aromatic heterocycles. The summed E-state index contributed by atoms with van der Waals surface area (Å²) in [5.41, 5.74) is 6.73. The van der Waals surface area contributed by atoms with Gasteiger partial charge in [-0.1, -0.05) is 100 Å². The normalized spacial score (nSPS) is 21.1. The smallest absolute Gasteiger partial charge is 0.387 e. The summed E-state index contributed by atoms with van der Waals surface area (Å²) in [5, 5.41) is 11.2. The number of imidazole rings is 1. The molecule has 0 aliphatic carbocycles. The number of aliphatic hydroxyl groups is 1. The number of nitrogen functional groups attached to an aromatic ring is 1. The summed E-state index contributed by atoms with van der Waals surface area (Å²) < 4.78 is 37.3. The van der Waals surface area contributed by atoms with E-state index in [0.717, 1.165) is 24.8 Å². The van der Waals surface area contributed by atoms with Crippen molar-refractivity contribution in [2.75, 3.05) is 19.1 Å². The molecule has 4 rings (SSSR count). The number of nitrogens with one attached hydrogen (secondary N) is 1. The van der Waals surface area contributed by atoms with Crippen molar-refractivity contribution in [3.63, 3.8) is 0 Å². The molecule has 2 unspecified atom stereocenters. The van der Waals surface area contributed by atoms with Crippen molar-refractivity contribution < 1.29 is 42.8 Å². The van der Waals surface area contributed by atoms with Gasteiger partial charge in [0.05, 0.1) is 19.8 Å². The van der Waals surface area contributed by atoms with E-state index in [-0.39, 0.29) is 30.0 Å². The number of ether oxygens (including phenoxy) is 3. The van der Waals surface area contributed by atoms with E-state index in [1.165, 1.54) is 54.1 Å². The minimum absolute atomic E-state index is 0.115. The Labute approximate surface area is 262 Å². The number of nitrogens with zero attached hydrogens (tertiary/aromatic N) is 3. The number of hydrogen-bond acceptors (Lipinski definition) is 9. The third-order valence-corrected chi connectivity index (χ3v) is 8.54. The molecule has 6 N–H and O–H groups in total. The molecule has 3 aromatic rings. The Balaban J connectivity index is 1.44. The molecule has 0 radical (unpaired) electrons. The van der Waals surface area contributed by atoms with Gasteiger partial charge in [0.25, 0.3) is 11.5 Å². The van der Waals surface area contributed by atoms with E-state index in [9.17, 15) is 24.3 Å². The number of benzene rings is 1. The van der Waals surface area contributed by atoms with Gasteiger partial charge < -0.3 is 34.8 Å². The van der Waals surface area contributed by atoms with Gasteiger partial charge in [-0.15, -0.1) is 0 Å². The molecule has 14 nitrogen and oxygen atoms in total. The summed E-state index contributed by atoms with van der Waals surface area (Å²) in [5.74, 6) is -0.115. The highest BCUT2D eigenvalue weighted by Gasteiger charge is 2.49. The van der Waals surface area contributed by atoms with E-state index >= 15 is 0 Å². The number of anilines is 1. The van der Waals surface area contributed by atoms with Crippen molar-refractivity contribution in [2.24, 2.45) is 7.05 Å². The number of phosphoric acid groups is 1. The lowest BCUT2D eigenvalue weighted by molar-refractivity contribution is -0.746. The number of aliphatic hydroxyl groups excluding tert-OH is 1. The minimum Gasteiger partial charge on any atom is -0.387 e. The van der Waals surface area contributed by atoms with Crippen molar-refractivity contribution in [1.29, 1.82) is 0 Å². The minimum atomic E-state index is -4.84. The van der Waals surface area contributed by atoms with Crippen LogP contribution in [-0.4, -0.2) is 61.1 Å². The molecule has 1 fully saturated rings. The third kappa shape index (κ3) is 9.90. The lowest BCUT2D eigenvalue weighted by atomic mass is 10.0. The molecule has 0 saturated carbocycles. The Kier molecular flexibility index (Phi) is 13.1. The standard InChI is InChI=1S/C30H46N5O9P/c1-3-4-5-6-7-8-9-10-14-17-22(21-15-12-11-13-16-21)41-20-42-26-25(36)23(18-43-45(38,39)40)44-29(26)35-19-34(2)24-27(35)32-30(31)33-28(24)37/h11-13,15-16,19,22-23,25-26,29,36H,3-10,14,17-18,20H2,1-2H3,(H4-,31,32,33,37,38,39,40)/p+1/t22?,23-,25+,26?,29-/m1/s1. The number of unbranched alkanes of at least 4 members (excludes halogenated alkanes) is 8. The number of fused-ring (bicyclic) bond motifs is 1. The molecule has 1 saturated heterocycles. The first-order valence-corrected chi connectivity index (χ1v) is 17.2. The van der Waals surface area contributed by atoms with Crippen LogP contribution >= 0.6 is 7.82 Å². The van der Waals surface area contributed by atoms with Crippen LogP contribution in [-0.2, 0) is 30.3 Å². The zero-order valence-electron chi connectivity index (χ0n) is 26.0. The number of aryl methyl sites for hydroxylation is 1. The Morgan fingerprint density at radius 1 is 1.11 bits per heavy atom. The van der Waals surface area contributed by atoms with E-state index in [4.69, 9.17) is 19.9 Å². The lowest BCUT2D eigenvalue weighted by Crippen LogP contribution is -2.47. The second-order valence-corrected chi connectivity index (χ2v) is 12.8. The number of aromatic amines is 1. The molecule has 250 valence electrons.